The van der Waals surface area contributed by atoms with E-state index in [-0.39, 0.29) is 0 Å². The van der Waals surface area contributed by atoms with Crippen LogP contribution in [0.25, 0.3) is 0 Å². The Kier molecular flexibility index (Phi) is 1.36. The molecule has 50 valence electrons. The highest BCUT2D eigenvalue weighted by Gasteiger charge is 2.05. The van der Waals surface area contributed by atoms with Crippen molar-refractivity contribution in [3.8, 4) is 5.75 Å². The third-order valence-electron chi connectivity index (χ3n) is 1.24. The molecule has 0 aromatic heterocycles. The van der Waals surface area contributed by atoms with Crippen molar-refractivity contribution in [3.63, 3.8) is 0 Å². The third kappa shape index (κ3) is 0.888. The minimum absolute atomic E-state index is 0.406. The molecule has 1 aliphatic heterocycles. The second-order valence-corrected chi connectivity index (χ2v) is 2.84. The fraction of sp³-hybridized carbons (Fsp3) is 0. The van der Waals surface area contributed by atoms with E-state index in [0.29, 0.717) is 8.73 Å². The summed E-state index contributed by atoms with van der Waals surface area (Å²) in [5.41, 5.74) is 0. The predicted octanol–water partition coefficient (Wildman–Crippen LogP) is 1.66. The monoisotopic (exact) mass is 152 g/mol. The van der Waals surface area contributed by atoms with Gasteiger partial charge in [-0.05, 0) is 12.1 Å². The summed E-state index contributed by atoms with van der Waals surface area (Å²) in [6.45, 7) is 0. The van der Waals surface area contributed by atoms with Gasteiger partial charge in [-0.25, -0.2) is 0 Å². The fourth-order valence-corrected chi connectivity index (χ4v) is 1.38. The highest BCUT2D eigenvalue weighted by molar-refractivity contribution is 7.45. The first-order valence-electron chi connectivity index (χ1n) is 2.89. The van der Waals surface area contributed by atoms with Crippen LogP contribution in [0.1, 0.15) is 0 Å². The van der Waals surface area contributed by atoms with Gasteiger partial charge in [0.15, 0.2) is 5.75 Å². The van der Waals surface area contributed by atoms with Crippen LogP contribution in [0.3, 0.4) is 0 Å². The molecule has 0 amide bonds. The minimum atomic E-state index is 0.406. The summed E-state index contributed by atoms with van der Waals surface area (Å²) < 4.78 is 0. The van der Waals surface area contributed by atoms with Gasteiger partial charge in [0.2, 0.25) is 0 Å². The maximum absolute atomic E-state index is 4.89. The van der Waals surface area contributed by atoms with Crippen LogP contribution in [0.15, 0.2) is 34.4 Å². The van der Waals surface area contributed by atoms with E-state index in [1.165, 1.54) is 0 Å². The molecule has 1 atom stereocenters. The third-order valence-corrected chi connectivity index (χ3v) is 2.07. The second kappa shape index (κ2) is 2.35. The molecule has 1 aromatic rings. The summed E-state index contributed by atoms with van der Waals surface area (Å²) in [6.07, 6.45) is 0. The van der Waals surface area contributed by atoms with E-state index in [4.69, 9.17) is 4.84 Å². The number of fused-ring (bicyclic) bond motifs is 1. The van der Waals surface area contributed by atoms with Crippen molar-refractivity contribution in [2.24, 2.45) is 10.2 Å². The molecule has 4 heteroatoms. The van der Waals surface area contributed by atoms with Crippen molar-refractivity contribution in [2.75, 3.05) is 0 Å². The van der Waals surface area contributed by atoms with Crippen LogP contribution in [0, 0.1) is 0 Å². The summed E-state index contributed by atoms with van der Waals surface area (Å²) in [7, 11) is 0.406. The Hall–Kier alpha value is -0.950. The number of rotatable bonds is 0. The van der Waals surface area contributed by atoms with Crippen LogP contribution in [-0.4, -0.2) is 0 Å². The molecule has 0 fully saturated rings. The van der Waals surface area contributed by atoms with Crippen LogP contribution in [0.4, 0.5) is 0 Å². The largest absolute Gasteiger partial charge is 0.339 e. The van der Waals surface area contributed by atoms with Crippen LogP contribution in [0.5, 0.6) is 5.75 Å². The van der Waals surface area contributed by atoms with Gasteiger partial charge in [0.1, 0.15) is 0 Å². The molecule has 0 aliphatic carbocycles. The smallest absolute Gasteiger partial charge is 0.169 e. The van der Waals surface area contributed by atoms with Gasteiger partial charge in [0.25, 0.3) is 0 Å². The number of hydrogen-bond acceptors (Lipinski definition) is 3. The van der Waals surface area contributed by atoms with E-state index in [0.717, 1.165) is 11.1 Å². The van der Waals surface area contributed by atoms with Gasteiger partial charge in [-0.2, -0.15) is 0 Å². The molecule has 10 heavy (non-hydrogen) atoms. The normalized spacial score (nSPS) is 16.4. The van der Waals surface area contributed by atoms with Crippen molar-refractivity contribution in [3.05, 3.63) is 24.3 Å². The molecular formula is C6H5N2OP. The summed E-state index contributed by atoms with van der Waals surface area (Å²) in [6, 6.07) is 7.77. The molecular weight excluding hydrogens is 147 g/mol. The van der Waals surface area contributed by atoms with Gasteiger partial charge in [-0.3, -0.25) is 0 Å². The van der Waals surface area contributed by atoms with E-state index in [2.05, 4.69) is 10.2 Å². The minimum Gasteiger partial charge on any atom is -0.339 e. The number of benzene rings is 1. The maximum atomic E-state index is 4.89. The zero-order valence-corrected chi connectivity index (χ0v) is 6.11. The Morgan fingerprint density at radius 3 is 3.10 bits per heavy atom. The van der Waals surface area contributed by atoms with E-state index >= 15 is 0 Å². The Morgan fingerprint density at radius 1 is 1.30 bits per heavy atom. The lowest BCUT2D eigenvalue weighted by atomic mass is 10.3. The Labute approximate surface area is 59.9 Å². The zero-order valence-electron chi connectivity index (χ0n) is 5.11. The summed E-state index contributed by atoms with van der Waals surface area (Å²) in [4.78, 5) is 8.64. The molecule has 0 spiro atoms. The molecule has 0 N–H and O–H groups in total. The molecule has 3 nitrogen and oxygen atoms in total. The maximum Gasteiger partial charge on any atom is 0.169 e. The van der Waals surface area contributed by atoms with E-state index in [1.807, 2.05) is 24.3 Å². The van der Waals surface area contributed by atoms with E-state index in [1.54, 1.807) is 0 Å². The predicted molar refractivity (Wildman–Crippen MR) is 39.9 cm³/mol. The standard InChI is InChI=1S/C6H5N2OP/c1-2-4-6-5(3-1)9-7-8-10-6/h1-4,10H. The molecule has 1 heterocycles. The first-order chi connectivity index (χ1) is 4.97. The molecule has 2 rings (SSSR count). The van der Waals surface area contributed by atoms with Crippen LogP contribution in [0.2, 0.25) is 0 Å². The molecule has 0 bridgehead atoms. The van der Waals surface area contributed by atoms with Crippen molar-refractivity contribution in [1.29, 1.82) is 0 Å². The topological polar surface area (TPSA) is 34.0 Å². The summed E-state index contributed by atoms with van der Waals surface area (Å²) in [5.74, 6) is 0.829. The number of hydrogen-bond donors (Lipinski definition) is 0. The molecule has 1 unspecified atom stereocenters. The van der Waals surface area contributed by atoms with Gasteiger partial charge >= 0.3 is 0 Å². The summed E-state index contributed by atoms with van der Waals surface area (Å²) in [5, 5.41) is 4.58. The molecule has 1 aromatic carbocycles. The van der Waals surface area contributed by atoms with Crippen molar-refractivity contribution in [2.45, 2.75) is 0 Å². The van der Waals surface area contributed by atoms with Crippen LogP contribution in [-0.2, 0) is 0 Å². The lowest BCUT2D eigenvalue weighted by Crippen LogP contribution is -2.01. The first kappa shape index (κ1) is 5.81. The molecule has 1 aliphatic rings. The first-order valence-corrected chi connectivity index (χ1v) is 3.83. The molecule has 0 radical (unpaired) electrons. The van der Waals surface area contributed by atoms with E-state index in [9.17, 15) is 0 Å². The van der Waals surface area contributed by atoms with Gasteiger partial charge in [0, 0.05) is 10.6 Å². The van der Waals surface area contributed by atoms with Crippen LogP contribution < -0.4 is 10.1 Å². The second-order valence-electron chi connectivity index (χ2n) is 1.88. The van der Waals surface area contributed by atoms with E-state index < -0.39 is 0 Å². The fourth-order valence-electron chi connectivity index (χ4n) is 0.777. The lowest BCUT2D eigenvalue weighted by molar-refractivity contribution is 0.316. The highest BCUT2D eigenvalue weighted by Crippen LogP contribution is 2.24. The Bertz CT molecular complexity index is 247. The van der Waals surface area contributed by atoms with Crippen molar-refractivity contribution >= 4 is 14.0 Å². The SMILES string of the molecule is c1ccc2c(c1)ON=NP2. The van der Waals surface area contributed by atoms with Crippen molar-refractivity contribution < 1.29 is 4.84 Å². The highest BCUT2D eigenvalue weighted by atomic mass is 31.1. The average molecular weight is 152 g/mol. The Balaban J connectivity index is 2.47. The van der Waals surface area contributed by atoms with Gasteiger partial charge < -0.3 is 4.84 Å². The zero-order chi connectivity index (χ0) is 6.81. The van der Waals surface area contributed by atoms with Crippen molar-refractivity contribution in [1.82, 2.24) is 0 Å². The van der Waals surface area contributed by atoms with Gasteiger partial charge in [-0.1, -0.05) is 12.1 Å². The quantitative estimate of drug-likeness (QED) is 0.520. The number of para-hydroxylation sites is 1. The lowest BCUT2D eigenvalue weighted by Gasteiger charge is -2.05. The number of nitrogens with zero attached hydrogens (tertiary/aromatic N) is 2. The van der Waals surface area contributed by atoms with Gasteiger partial charge in [0.05, 0.1) is 8.73 Å². The molecule has 0 saturated carbocycles. The van der Waals surface area contributed by atoms with Crippen LogP contribution >= 0.6 is 8.73 Å². The Morgan fingerprint density at radius 2 is 2.20 bits per heavy atom. The van der Waals surface area contributed by atoms with Gasteiger partial charge in [-0.15, -0.1) is 4.88 Å². The molecule has 0 saturated heterocycles. The summed E-state index contributed by atoms with van der Waals surface area (Å²) >= 11 is 0. The average Bonchev–Trinajstić information content (AvgIpc) is 2.05.